The van der Waals surface area contributed by atoms with Crippen LogP contribution in [-0.4, -0.2) is 48.6 Å². The molecule has 0 fully saturated rings. The number of aliphatic hydroxyl groups is 2. The van der Waals surface area contributed by atoms with Crippen LogP contribution in [0.1, 0.15) is 49.1 Å². The van der Waals surface area contributed by atoms with Gasteiger partial charge < -0.3 is 34.5 Å². The Bertz CT molecular complexity index is 1150. The van der Waals surface area contributed by atoms with E-state index < -0.39 is 12.1 Å². The van der Waals surface area contributed by atoms with E-state index in [-0.39, 0.29) is 12.7 Å². The third kappa shape index (κ3) is 10.7. The number of hydrogen-bond donors (Lipinski definition) is 3. The highest BCUT2D eigenvalue weighted by Crippen LogP contribution is 2.24. The molecule has 0 saturated heterocycles. The minimum absolute atomic E-state index is 0.156. The first-order valence-corrected chi connectivity index (χ1v) is 13.2. The number of esters is 1. The van der Waals surface area contributed by atoms with Gasteiger partial charge in [0.15, 0.2) is 0 Å². The fourth-order valence-electron chi connectivity index (χ4n) is 3.87. The van der Waals surface area contributed by atoms with Crippen molar-refractivity contribution >= 4 is 5.97 Å². The van der Waals surface area contributed by atoms with E-state index in [0.717, 1.165) is 29.0 Å². The molecule has 3 N–H and O–H groups in total. The molecular formula is C31H39NO7. The van der Waals surface area contributed by atoms with Gasteiger partial charge in [-0.2, -0.15) is 0 Å². The van der Waals surface area contributed by atoms with E-state index in [1.807, 2.05) is 62.4 Å². The van der Waals surface area contributed by atoms with E-state index in [1.165, 1.54) is 6.92 Å². The van der Waals surface area contributed by atoms with E-state index in [4.69, 9.17) is 18.9 Å². The number of carbonyl (C=O) groups excluding carboxylic acids is 1. The molecule has 0 amide bonds. The van der Waals surface area contributed by atoms with Gasteiger partial charge in [0, 0.05) is 19.0 Å². The molecule has 8 heteroatoms. The molecule has 1 atom stereocenters. The first-order chi connectivity index (χ1) is 18.8. The zero-order chi connectivity index (χ0) is 28.0. The summed E-state index contributed by atoms with van der Waals surface area (Å²) >= 11 is 0. The minimum atomic E-state index is -0.752. The molecule has 0 aromatic heterocycles. The van der Waals surface area contributed by atoms with Crippen LogP contribution in [0.25, 0.3) is 0 Å². The average molecular weight is 538 g/mol. The van der Waals surface area contributed by atoms with E-state index >= 15 is 0 Å². The van der Waals surface area contributed by atoms with Gasteiger partial charge in [-0.1, -0.05) is 30.3 Å². The Balaban J connectivity index is 1.31. The first-order valence-electron chi connectivity index (χ1n) is 13.2. The van der Waals surface area contributed by atoms with Crippen LogP contribution < -0.4 is 19.5 Å². The quantitative estimate of drug-likeness (QED) is 0.141. The van der Waals surface area contributed by atoms with Crippen LogP contribution >= 0.6 is 0 Å². The normalized spacial score (nSPS) is 11.8. The van der Waals surface area contributed by atoms with Gasteiger partial charge in [-0.15, -0.1) is 0 Å². The van der Waals surface area contributed by atoms with Crippen molar-refractivity contribution in [3.8, 4) is 17.2 Å². The number of nitrogens with one attached hydrogen (secondary N) is 1. The molecule has 0 aliphatic carbocycles. The second-order valence-electron chi connectivity index (χ2n) is 9.44. The monoisotopic (exact) mass is 537 g/mol. The fraction of sp³-hybridized carbons (Fsp3) is 0.387. The van der Waals surface area contributed by atoms with Crippen molar-refractivity contribution < 1.29 is 34.0 Å². The number of rotatable bonds is 16. The molecule has 0 unspecified atom stereocenters. The van der Waals surface area contributed by atoms with Gasteiger partial charge in [-0.05, 0) is 79.9 Å². The zero-order valence-corrected chi connectivity index (χ0v) is 22.9. The summed E-state index contributed by atoms with van der Waals surface area (Å²) in [6.07, 6.45) is 0.200. The smallest absolute Gasteiger partial charge is 0.308 e. The van der Waals surface area contributed by atoms with Gasteiger partial charge in [0.2, 0.25) is 0 Å². The molecule has 3 aromatic carbocycles. The molecule has 0 radical (unpaired) electrons. The summed E-state index contributed by atoms with van der Waals surface area (Å²) in [6, 6.07) is 20.8. The fourth-order valence-corrected chi connectivity index (χ4v) is 3.87. The molecule has 3 rings (SSSR count). The highest BCUT2D eigenvalue weighted by Gasteiger charge is 2.12. The SMILES string of the molecule is CC(=O)Oc1ccc([C@@H](O)CNCCc2ccc(OCCOCc3ccc(OC(C)C)cc3)cc2)cc1CO. The van der Waals surface area contributed by atoms with Crippen LogP contribution in [0.2, 0.25) is 0 Å². The van der Waals surface area contributed by atoms with Crippen molar-refractivity contribution in [2.75, 3.05) is 26.3 Å². The Morgan fingerprint density at radius 1 is 0.923 bits per heavy atom. The van der Waals surface area contributed by atoms with E-state index in [0.29, 0.717) is 49.8 Å². The van der Waals surface area contributed by atoms with Crippen molar-refractivity contribution in [3.05, 3.63) is 89.0 Å². The molecular weight excluding hydrogens is 498 g/mol. The lowest BCUT2D eigenvalue weighted by molar-refractivity contribution is -0.131. The number of ether oxygens (including phenoxy) is 4. The summed E-state index contributed by atoms with van der Waals surface area (Å²) in [7, 11) is 0. The molecule has 0 aliphatic rings. The Kier molecular flexibility index (Phi) is 12.2. The van der Waals surface area contributed by atoms with E-state index in [1.54, 1.807) is 18.2 Å². The Labute approximate surface area is 230 Å². The van der Waals surface area contributed by atoms with Gasteiger partial charge in [0.05, 0.1) is 32.0 Å². The molecule has 210 valence electrons. The number of carbonyl (C=O) groups is 1. The maximum atomic E-state index is 11.2. The second-order valence-corrected chi connectivity index (χ2v) is 9.44. The standard InChI is InChI=1S/C31H39NO7/c1-22(2)38-29-11-6-25(7-12-29)21-36-16-17-37-28-9-4-24(5-10-28)14-15-32-19-30(35)26-8-13-31(39-23(3)34)27(18-26)20-33/h4-13,18,22,30,32-33,35H,14-17,19-21H2,1-3H3/t30-/m0/s1. The Morgan fingerprint density at radius 2 is 1.62 bits per heavy atom. The maximum absolute atomic E-state index is 11.2. The van der Waals surface area contributed by atoms with Crippen LogP contribution in [-0.2, 0) is 29.2 Å². The van der Waals surface area contributed by atoms with Crippen LogP contribution in [0.5, 0.6) is 17.2 Å². The summed E-state index contributed by atoms with van der Waals surface area (Å²) in [4.78, 5) is 11.2. The summed E-state index contributed by atoms with van der Waals surface area (Å²) in [5.74, 6) is 1.49. The summed E-state index contributed by atoms with van der Waals surface area (Å²) in [5, 5.41) is 23.3. The molecule has 8 nitrogen and oxygen atoms in total. The van der Waals surface area contributed by atoms with E-state index in [2.05, 4.69) is 5.32 Å². The maximum Gasteiger partial charge on any atom is 0.308 e. The van der Waals surface area contributed by atoms with E-state index in [9.17, 15) is 15.0 Å². The van der Waals surface area contributed by atoms with Gasteiger partial charge in [-0.25, -0.2) is 0 Å². The zero-order valence-electron chi connectivity index (χ0n) is 22.9. The number of hydrogen-bond acceptors (Lipinski definition) is 8. The van der Waals surface area contributed by atoms with Gasteiger partial charge >= 0.3 is 5.97 Å². The lowest BCUT2D eigenvalue weighted by atomic mass is 10.0. The summed E-state index contributed by atoms with van der Waals surface area (Å²) in [6.45, 7) is 7.55. The van der Waals surface area contributed by atoms with Crippen LogP contribution in [0, 0.1) is 0 Å². The predicted molar refractivity (Wildman–Crippen MR) is 149 cm³/mol. The third-order valence-corrected chi connectivity index (χ3v) is 5.81. The topological polar surface area (TPSA) is 106 Å². The van der Waals surface area contributed by atoms with Crippen molar-refractivity contribution in [2.24, 2.45) is 0 Å². The lowest BCUT2D eigenvalue weighted by Crippen LogP contribution is -2.24. The molecule has 39 heavy (non-hydrogen) atoms. The molecule has 0 spiro atoms. The predicted octanol–water partition coefficient (Wildman–Crippen LogP) is 4.35. The van der Waals surface area contributed by atoms with Gasteiger partial charge in [0.1, 0.15) is 23.9 Å². The van der Waals surface area contributed by atoms with Crippen molar-refractivity contribution in [1.82, 2.24) is 5.32 Å². The molecule has 3 aromatic rings. The number of benzene rings is 3. The average Bonchev–Trinajstić information content (AvgIpc) is 2.92. The minimum Gasteiger partial charge on any atom is -0.491 e. The van der Waals surface area contributed by atoms with Crippen molar-refractivity contribution in [1.29, 1.82) is 0 Å². The highest BCUT2D eigenvalue weighted by molar-refractivity contribution is 5.69. The van der Waals surface area contributed by atoms with Crippen LogP contribution in [0.4, 0.5) is 0 Å². The highest BCUT2D eigenvalue weighted by atomic mass is 16.5. The summed E-state index contributed by atoms with van der Waals surface area (Å²) < 4.78 is 22.2. The van der Waals surface area contributed by atoms with Gasteiger partial charge in [-0.3, -0.25) is 4.79 Å². The van der Waals surface area contributed by atoms with Crippen LogP contribution in [0.3, 0.4) is 0 Å². The molecule has 0 heterocycles. The largest absolute Gasteiger partial charge is 0.491 e. The summed E-state index contributed by atoms with van der Waals surface area (Å²) in [5.41, 5.74) is 3.34. The Hall–Kier alpha value is -3.43. The molecule has 0 saturated carbocycles. The molecule has 0 aliphatic heterocycles. The van der Waals surface area contributed by atoms with Crippen molar-refractivity contribution in [3.63, 3.8) is 0 Å². The third-order valence-electron chi connectivity index (χ3n) is 5.81. The lowest BCUT2D eigenvalue weighted by Gasteiger charge is -2.15. The second kappa shape index (κ2) is 15.9. The van der Waals surface area contributed by atoms with Crippen LogP contribution in [0.15, 0.2) is 66.7 Å². The first kappa shape index (κ1) is 30.1. The Morgan fingerprint density at radius 3 is 2.28 bits per heavy atom. The van der Waals surface area contributed by atoms with Crippen molar-refractivity contribution in [2.45, 2.75) is 52.6 Å². The molecule has 0 bridgehead atoms. The number of aliphatic hydroxyl groups excluding tert-OH is 2. The van der Waals surface area contributed by atoms with Gasteiger partial charge in [0.25, 0.3) is 0 Å².